The second-order valence-corrected chi connectivity index (χ2v) is 11.0. The largest absolute Gasteiger partial charge is 0.460 e. The minimum atomic E-state index is -4.18. The summed E-state index contributed by atoms with van der Waals surface area (Å²) in [5.41, 5.74) is 5.77. The van der Waals surface area contributed by atoms with Gasteiger partial charge in [-0.15, -0.1) is 0 Å². The van der Waals surface area contributed by atoms with Gasteiger partial charge < -0.3 is 23.8 Å². The van der Waals surface area contributed by atoms with Crippen LogP contribution < -0.4 is 26.6 Å². The number of benzene rings is 2. The lowest BCUT2D eigenvalue weighted by Gasteiger charge is -2.19. The molecule has 1 aliphatic heterocycles. The summed E-state index contributed by atoms with van der Waals surface area (Å²) in [5.74, 6) is -1.07. The van der Waals surface area contributed by atoms with Crippen LogP contribution >= 0.6 is 7.75 Å². The Labute approximate surface area is 245 Å². The zero-order valence-corrected chi connectivity index (χ0v) is 23.7. The molecule has 2 heterocycles. The number of carbonyl (C=O) groups excluding carboxylic acids is 2. The topological polar surface area (TPSA) is 210 Å². The van der Waals surface area contributed by atoms with Gasteiger partial charge in [0, 0.05) is 18.7 Å². The van der Waals surface area contributed by atoms with Crippen molar-refractivity contribution in [2.45, 2.75) is 38.1 Å². The van der Waals surface area contributed by atoms with Gasteiger partial charge in [0.2, 0.25) is 0 Å². The Bertz CT molecular complexity index is 1560. The van der Waals surface area contributed by atoms with E-state index in [2.05, 4.69) is 10.3 Å². The van der Waals surface area contributed by atoms with Gasteiger partial charge in [-0.2, -0.15) is 0 Å². The number of hydrogen-bond donors (Lipinski definition) is 4. The Kier molecular flexibility index (Phi) is 11.0. The number of aromatic amines is 1. The highest BCUT2D eigenvalue weighted by molar-refractivity contribution is 7.51. The highest BCUT2D eigenvalue weighted by Gasteiger charge is 2.37. The fourth-order valence-corrected chi connectivity index (χ4v) is 4.82. The molecule has 2 aromatic carbocycles. The average Bonchev–Trinajstić information content (AvgIpc) is 3.34. The summed E-state index contributed by atoms with van der Waals surface area (Å²) < 4.78 is 40.3. The molecule has 3 aromatic rings. The Balaban J connectivity index is 1.17. The first-order valence-corrected chi connectivity index (χ1v) is 14.7. The standard InChI is InChI=1S/C27H31N4O11P/c28-43(37,40-17-22-21(32)12-24(41-22)31-10-9-23(33)30-27(31)36)42-20-8-4-7-19(11-20)16-39-26(35)14-29-13-25(34)38-15-18-5-2-1-3-6-18/h1-11,21-22,24,29,32H,12-17H2,(H2,28,37)(H,30,33,36)/t21-,22+,24+,43?/m0/s1. The van der Waals surface area contributed by atoms with Crippen molar-refractivity contribution in [2.75, 3.05) is 19.7 Å². The molecule has 0 radical (unpaired) electrons. The van der Waals surface area contributed by atoms with Crippen LogP contribution in [0.5, 0.6) is 5.75 Å². The Morgan fingerprint density at radius 2 is 1.70 bits per heavy atom. The van der Waals surface area contributed by atoms with Crippen molar-refractivity contribution in [1.29, 1.82) is 0 Å². The van der Waals surface area contributed by atoms with E-state index in [4.69, 9.17) is 28.8 Å². The molecule has 16 heteroatoms. The maximum atomic E-state index is 12.7. The van der Waals surface area contributed by atoms with Gasteiger partial charge in [0.25, 0.3) is 5.56 Å². The molecule has 0 spiro atoms. The maximum Gasteiger partial charge on any atom is 0.456 e. The van der Waals surface area contributed by atoms with E-state index in [9.17, 15) is 28.8 Å². The van der Waals surface area contributed by atoms with E-state index in [0.717, 1.165) is 16.2 Å². The molecular weight excluding hydrogens is 587 g/mol. The summed E-state index contributed by atoms with van der Waals surface area (Å²) in [7, 11) is -4.18. The molecule has 1 fully saturated rings. The highest BCUT2D eigenvalue weighted by Crippen LogP contribution is 2.41. The third-order valence-electron chi connectivity index (χ3n) is 6.10. The summed E-state index contributed by atoms with van der Waals surface area (Å²) in [4.78, 5) is 49.2. The predicted molar refractivity (Wildman–Crippen MR) is 150 cm³/mol. The molecule has 1 aromatic heterocycles. The molecule has 4 rings (SSSR count). The van der Waals surface area contributed by atoms with Gasteiger partial charge in [-0.3, -0.25) is 33.8 Å². The lowest BCUT2D eigenvalue weighted by atomic mass is 10.2. The highest BCUT2D eigenvalue weighted by atomic mass is 31.2. The fourth-order valence-electron chi connectivity index (χ4n) is 4.00. The SMILES string of the molecule is NP(=O)(OC[C@H]1O[C@@H](n2ccc(=O)[nH]c2=O)C[C@@H]1O)Oc1cccc(COC(=O)CNCC(=O)OCc2ccccc2)c1. The smallest absolute Gasteiger partial charge is 0.456 e. The molecule has 0 bridgehead atoms. The van der Waals surface area contributed by atoms with Gasteiger partial charge in [0.05, 0.1) is 25.8 Å². The quantitative estimate of drug-likeness (QED) is 0.145. The van der Waals surface area contributed by atoms with Crippen LogP contribution in [-0.2, 0) is 46.1 Å². The second-order valence-electron chi connectivity index (χ2n) is 9.43. The summed E-state index contributed by atoms with van der Waals surface area (Å²) in [6.45, 7) is -0.822. The van der Waals surface area contributed by atoms with Crippen LogP contribution in [0.1, 0.15) is 23.8 Å². The third kappa shape index (κ3) is 9.99. The third-order valence-corrected chi connectivity index (χ3v) is 7.07. The van der Waals surface area contributed by atoms with Crippen molar-refractivity contribution < 1.29 is 42.5 Å². The van der Waals surface area contributed by atoms with Gasteiger partial charge >= 0.3 is 25.4 Å². The molecule has 0 amide bonds. The number of aromatic nitrogens is 2. The molecular formula is C27H31N4O11P. The summed E-state index contributed by atoms with van der Waals surface area (Å²) in [6.07, 6.45) is -1.67. The number of aliphatic hydroxyl groups is 1. The number of hydrogen-bond acceptors (Lipinski definition) is 12. The second kappa shape index (κ2) is 14.9. The van der Waals surface area contributed by atoms with Gasteiger partial charge in [0.15, 0.2) is 0 Å². The molecule has 43 heavy (non-hydrogen) atoms. The minimum absolute atomic E-state index is 0.0182. The lowest BCUT2D eigenvalue weighted by molar-refractivity contribution is -0.145. The van der Waals surface area contributed by atoms with Crippen LogP contribution in [0.15, 0.2) is 76.4 Å². The first-order valence-electron chi connectivity index (χ1n) is 13.1. The van der Waals surface area contributed by atoms with Gasteiger partial charge in [-0.1, -0.05) is 42.5 Å². The Hall–Kier alpha value is -4.11. The molecule has 1 aliphatic rings. The van der Waals surface area contributed by atoms with E-state index >= 15 is 0 Å². The summed E-state index contributed by atoms with van der Waals surface area (Å²) in [5, 5.41) is 13.0. The van der Waals surface area contributed by atoms with E-state index in [1.807, 2.05) is 30.3 Å². The zero-order chi connectivity index (χ0) is 30.8. The molecule has 4 atom stereocenters. The van der Waals surface area contributed by atoms with Crippen LogP contribution in [-0.4, -0.2) is 58.5 Å². The van der Waals surface area contributed by atoms with E-state index < -0.39 is 56.0 Å². The van der Waals surface area contributed by atoms with Crippen LogP contribution in [0, 0.1) is 0 Å². The van der Waals surface area contributed by atoms with Crippen molar-refractivity contribution in [1.82, 2.24) is 14.9 Å². The number of rotatable bonds is 14. The Morgan fingerprint density at radius 1 is 1.02 bits per heavy atom. The van der Waals surface area contributed by atoms with Crippen LogP contribution in [0.3, 0.4) is 0 Å². The van der Waals surface area contributed by atoms with Crippen molar-refractivity contribution in [3.05, 3.63) is 98.8 Å². The normalized spacial score (nSPS) is 19.3. The molecule has 230 valence electrons. The Morgan fingerprint density at radius 3 is 2.40 bits per heavy atom. The lowest BCUT2D eigenvalue weighted by Crippen LogP contribution is -2.32. The summed E-state index contributed by atoms with van der Waals surface area (Å²) in [6, 6.07) is 16.4. The number of nitrogens with one attached hydrogen (secondary N) is 2. The molecule has 0 aliphatic carbocycles. The van der Waals surface area contributed by atoms with E-state index in [1.165, 1.54) is 18.3 Å². The number of carbonyl (C=O) groups is 2. The first-order chi connectivity index (χ1) is 20.6. The van der Waals surface area contributed by atoms with Gasteiger partial charge in [-0.05, 0) is 23.3 Å². The molecule has 15 nitrogen and oxygen atoms in total. The predicted octanol–water partition coefficient (Wildman–Crippen LogP) is 0.724. The van der Waals surface area contributed by atoms with Gasteiger partial charge in [0.1, 0.15) is 31.3 Å². The number of nitrogens with two attached hydrogens (primary N) is 1. The van der Waals surface area contributed by atoms with E-state index in [-0.39, 0.29) is 38.5 Å². The average molecular weight is 619 g/mol. The zero-order valence-electron chi connectivity index (χ0n) is 22.8. The summed E-state index contributed by atoms with van der Waals surface area (Å²) >= 11 is 0. The number of nitrogens with zero attached hydrogens (tertiary/aromatic N) is 1. The maximum absolute atomic E-state index is 12.7. The number of ether oxygens (including phenoxy) is 3. The fraction of sp³-hybridized carbons (Fsp3) is 0.333. The molecule has 5 N–H and O–H groups in total. The van der Waals surface area contributed by atoms with Gasteiger partial charge in [-0.25, -0.2) is 14.9 Å². The van der Waals surface area contributed by atoms with Crippen molar-refractivity contribution in [2.24, 2.45) is 5.50 Å². The molecule has 1 saturated heterocycles. The monoisotopic (exact) mass is 618 g/mol. The number of esters is 2. The van der Waals surface area contributed by atoms with Crippen LogP contribution in [0.4, 0.5) is 0 Å². The van der Waals surface area contributed by atoms with Crippen LogP contribution in [0.25, 0.3) is 0 Å². The first kappa shape index (κ1) is 31.8. The van der Waals surface area contributed by atoms with Crippen molar-refractivity contribution in [3.63, 3.8) is 0 Å². The van der Waals surface area contributed by atoms with Crippen molar-refractivity contribution >= 4 is 19.7 Å². The van der Waals surface area contributed by atoms with E-state index in [1.54, 1.807) is 12.1 Å². The molecule has 1 unspecified atom stereocenters. The molecule has 0 saturated carbocycles. The minimum Gasteiger partial charge on any atom is -0.460 e. The van der Waals surface area contributed by atoms with E-state index in [0.29, 0.717) is 5.56 Å². The van der Waals surface area contributed by atoms with Crippen molar-refractivity contribution in [3.8, 4) is 5.75 Å². The van der Waals surface area contributed by atoms with Crippen LogP contribution in [0.2, 0.25) is 0 Å². The number of aliphatic hydroxyl groups excluding tert-OH is 1. The number of H-pyrrole nitrogens is 1.